The van der Waals surface area contributed by atoms with E-state index in [0.29, 0.717) is 0 Å². The quantitative estimate of drug-likeness (QED) is 0.312. The fourth-order valence-electron chi connectivity index (χ4n) is 6.03. The molecule has 0 aliphatic heterocycles. The SMILES string of the molecule is C1=CC2CC(c3ccccc3C3CC4C=CC=CC4C3)CC2C=C1.CCCCC.[CH3-].[CH3-].[Cl][Zr+2][Cl]. The van der Waals surface area contributed by atoms with Crippen LogP contribution in [0.4, 0.5) is 0 Å². The van der Waals surface area contributed by atoms with Gasteiger partial charge in [0, 0.05) is 0 Å². The van der Waals surface area contributed by atoms with E-state index in [0.717, 1.165) is 35.5 Å². The average Bonchev–Trinajstić information content (AvgIpc) is 3.45. The van der Waals surface area contributed by atoms with Crippen molar-refractivity contribution in [2.45, 2.75) is 70.6 Å². The van der Waals surface area contributed by atoms with E-state index in [-0.39, 0.29) is 14.9 Å². The molecular weight excluding hydrogens is 534 g/mol. The zero-order chi connectivity index (χ0) is 22.8. The van der Waals surface area contributed by atoms with E-state index < -0.39 is 20.8 Å². The Morgan fingerprint density at radius 1 is 0.647 bits per heavy atom. The van der Waals surface area contributed by atoms with Gasteiger partial charge in [0.1, 0.15) is 0 Å². The number of hydrogen-bond donors (Lipinski definition) is 0. The van der Waals surface area contributed by atoms with Crippen molar-refractivity contribution in [1.29, 1.82) is 0 Å². The molecule has 4 aliphatic rings. The molecule has 0 radical (unpaired) electrons. The molecule has 1 aromatic carbocycles. The van der Waals surface area contributed by atoms with Crippen LogP contribution in [-0.4, -0.2) is 0 Å². The molecule has 0 amide bonds. The van der Waals surface area contributed by atoms with Crippen LogP contribution in [0.2, 0.25) is 0 Å². The van der Waals surface area contributed by atoms with Gasteiger partial charge in [0.2, 0.25) is 0 Å². The second-order valence-corrected chi connectivity index (χ2v) is 13.3. The molecule has 3 heteroatoms. The third-order valence-corrected chi connectivity index (χ3v) is 7.56. The molecule has 1 aromatic rings. The molecule has 0 nitrogen and oxygen atoms in total. The van der Waals surface area contributed by atoms with Gasteiger partial charge in [-0.25, -0.2) is 0 Å². The Balaban J connectivity index is 0.000000510. The van der Waals surface area contributed by atoms with E-state index in [9.17, 15) is 0 Å². The fraction of sp³-hybridized carbons (Fsp3) is 0.484. The van der Waals surface area contributed by atoms with Gasteiger partial charge >= 0.3 is 37.9 Å². The van der Waals surface area contributed by atoms with Crippen LogP contribution in [0.5, 0.6) is 0 Å². The molecule has 4 unspecified atom stereocenters. The summed E-state index contributed by atoms with van der Waals surface area (Å²) in [7, 11) is 9.87. The van der Waals surface area contributed by atoms with Crippen molar-refractivity contribution < 1.29 is 20.8 Å². The first-order valence-electron chi connectivity index (χ1n) is 12.5. The van der Waals surface area contributed by atoms with Gasteiger partial charge in [-0.15, -0.1) is 0 Å². The second kappa shape index (κ2) is 17.2. The Morgan fingerprint density at radius 3 is 1.18 bits per heavy atom. The average molecular weight is 579 g/mol. The third kappa shape index (κ3) is 8.64. The Kier molecular flexibility index (Phi) is 16.0. The molecule has 2 fully saturated rings. The van der Waals surface area contributed by atoms with E-state index in [2.05, 4.69) is 86.7 Å². The van der Waals surface area contributed by atoms with Crippen LogP contribution in [0, 0.1) is 38.5 Å². The van der Waals surface area contributed by atoms with Gasteiger partial charge in [-0.05, 0) is 72.3 Å². The summed E-state index contributed by atoms with van der Waals surface area (Å²) >= 11 is -0.826. The number of allylic oxidation sites excluding steroid dienone is 8. The number of halogens is 2. The summed E-state index contributed by atoms with van der Waals surface area (Å²) in [6.07, 6.45) is 28.2. The third-order valence-electron chi connectivity index (χ3n) is 7.56. The van der Waals surface area contributed by atoms with Crippen LogP contribution in [-0.2, 0) is 20.8 Å². The molecule has 0 spiro atoms. The van der Waals surface area contributed by atoms with E-state index in [1.54, 1.807) is 11.1 Å². The van der Waals surface area contributed by atoms with Crippen molar-refractivity contribution >= 4 is 17.0 Å². The van der Waals surface area contributed by atoms with Crippen LogP contribution in [0.25, 0.3) is 0 Å². The molecule has 0 saturated heterocycles. The zero-order valence-corrected chi connectivity index (χ0v) is 25.6. The van der Waals surface area contributed by atoms with Crippen molar-refractivity contribution in [2.24, 2.45) is 23.7 Å². The first-order valence-corrected chi connectivity index (χ1v) is 18.8. The predicted molar refractivity (Wildman–Crippen MR) is 151 cm³/mol. The minimum absolute atomic E-state index is 0. The Morgan fingerprint density at radius 2 is 0.941 bits per heavy atom. The van der Waals surface area contributed by atoms with Crippen LogP contribution >= 0.6 is 17.0 Å². The summed E-state index contributed by atoms with van der Waals surface area (Å²) in [6, 6.07) is 9.37. The van der Waals surface area contributed by atoms with E-state index in [4.69, 9.17) is 17.0 Å². The summed E-state index contributed by atoms with van der Waals surface area (Å²) in [5.74, 6) is 4.57. The van der Waals surface area contributed by atoms with E-state index >= 15 is 0 Å². The van der Waals surface area contributed by atoms with Crippen molar-refractivity contribution in [2.75, 3.05) is 0 Å². The summed E-state index contributed by atoms with van der Waals surface area (Å²) in [4.78, 5) is 0. The molecule has 34 heavy (non-hydrogen) atoms. The van der Waals surface area contributed by atoms with Crippen molar-refractivity contribution in [3.63, 3.8) is 0 Å². The number of rotatable bonds is 4. The first-order chi connectivity index (χ1) is 15.7. The summed E-state index contributed by atoms with van der Waals surface area (Å²) in [5.41, 5.74) is 3.32. The maximum atomic E-state index is 4.93. The molecule has 0 bridgehead atoms. The van der Waals surface area contributed by atoms with Gasteiger partial charge < -0.3 is 14.9 Å². The van der Waals surface area contributed by atoms with Crippen molar-refractivity contribution in [1.82, 2.24) is 0 Å². The molecule has 0 heterocycles. The summed E-state index contributed by atoms with van der Waals surface area (Å²) < 4.78 is 0. The first kappa shape index (κ1) is 31.7. The molecular formula is C31H44Cl2Zr. The van der Waals surface area contributed by atoms with Crippen molar-refractivity contribution in [3.8, 4) is 0 Å². The van der Waals surface area contributed by atoms with Gasteiger partial charge in [0.25, 0.3) is 0 Å². The number of fused-ring (bicyclic) bond motifs is 2. The monoisotopic (exact) mass is 576 g/mol. The van der Waals surface area contributed by atoms with Gasteiger partial charge in [-0.2, -0.15) is 0 Å². The van der Waals surface area contributed by atoms with Gasteiger partial charge in [0.05, 0.1) is 0 Å². The molecule has 0 aromatic heterocycles. The zero-order valence-electron chi connectivity index (χ0n) is 21.6. The van der Waals surface area contributed by atoms with Crippen molar-refractivity contribution in [3.05, 3.63) is 98.9 Å². The van der Waals surface area contributed by atoms with Crippen LogP contribution in [0.1, 0.15) is 81.8 Å². The number of unbranched alkanes of at least 4 members (excludes halogenated alkanes) is 2. The van der Waals surface area contributed by atoms with E-state index in [1.807, 2.05) is 0 Å². The summed E-state index contributed by atoms with van der Waals surface area (Å²) in [6.45, 7) is 4.42. The van der Waals surface area contributed by atoms with Gasteiger partial charge in [-0.3, -0.25) is 0 Å². The summed E-state index contributed by atoms with van der Waals surface area (Å²) in [5, 5.41) is 0. The predicted octanol–water partition coefficient (Wildman–Crippen LogP) is 10.6. The molecule has 5 rings (SSSR count). The molecule has 0 N–H and O–H groups in total. The van der Waals surface area contributed by atoms with Crippen LogP contribution < -0.4 is 0 Å². The Labute approximate surface area is 229 Å². The minimum atomic E-state index is -0.826. The van der Waals surface area contributed by atoms with Gasteiger partial charge in [0.15, 0.2) is 0 Å². The van der Waals surface area contributed by atoms with Crippen LogP contribution in [0.15, 0.2) is 72.9 Å². The van der Waals surface area contributed by atoms with E-state index in [1.165, 1.54) is 44.9 Å². The number of hydrogen-bond acceptors (Lipinski definition) is 0. The molecule has 2 saturated carbocycles. The Hall–Kier alpha value is -0.357. The van der Waals surface area contributed by atoms with Crippen LogP contribution in [0.3, 0.4) is 0 Å². The van der Waals surface area contributed by atoms with Gasteiger partial charge in [-0.1, -0.05) is 106 Å². The second-order valence-electron chi connectivity index (χ2n) is 9.59. The molecule has 4 aliphatic carbocycles. The maximum absolute atomic E-state index is 4.93. The normalized spacial score (nSPS) is 29.2. The fourth-order valence-corrected chi connectivity index (χ4v) is 6.03. The molecule has 4 atom stereocenters. The Bertz CT molecular complexity index is 704. The molecule has 186 valence electrons. The number of benzene rings is 1. The topological polar surface area (TPSA) is 0 Å². The standard InChI is InChI=1S/C24H26.C5H12.2CH3.2ClH.Zr/c1-2-8-18-14-21(13-17(18)7-1)23-11-5-6-12-24(23)22-15-19-9-3-4-10-20(19)16-22;1-3-5-4-2;;;;;/h1-12,17-22H,13-16H2;3-5H2,1-2H3;2*1H3;2*1H;/q;;2*-1;;;+4/p-2.